The Balaban J connectivity index is 0.000000227. The van der Waals surface area contributed by atoms with E-state index in [4.69, 9.17) is 5.73 Å². The van der Waals surface area contributed by atoms with Gasteiger partial charge in [0.05, 0.1) is 0 Å². The van der Waals surface area contributed by atoms with Crippen LogP contribution in [0, 0.1) is 0 Å². The first-order chi connectivity index (χ1) is 6.39. The normalized spacial score (nSPS) is 22.9. The summed E-state index contributed by atoms with van der Waals surface area (Å²) in [7, 11) is 0. The lowest BCUT2D eigenvalue weighted by Gasteiger charge is -2.15. The molecule has 0 aromatic rings. The zero-order chi connectivity index (χ0) is 9.36. The van der Waals surface area contributed by atoms with E-state index in [-0.39, 0.29) is 7.43 Å². The number of nitrogens with two attached hydrogens (primary N) is 1. The zero-order valence-corrected chi connectivity index (χ0v) is 8.73. The molecule has 0 spiro atoms. The summed E-state index contributed by atoms with van der Waals surface area (Å²) in [6.45, 7) is 2.50. The van der Waals surface area contributed by atoms with Gasteiger partial charge in [0.15, 0.2) is 0 Å². The summed E-state index contributed by atoms with van der Waals surface area (Å²) < 4.78 is 0. The summed E-state index contributed by atoms with van der Waals surface area (Å²) in [6.07, 6.45) is 10.9. The highest BCUT2D eigenvalue weighted by Crippen LogP contribution is 2.14. The molecule has 0 atom stereocenters. The van der Waals surface area contributed by atoms with Crippen molar-refractivity contribution in [3.05, 3.63) is 0 Å². The molecule has 2 fully saturated rings. The van der Waals surface area contributed by atoms with Gasteiger partial charge in [-0.3, -0.25) is 0 Å². The van der Waals surface area contributed by atoms with E-state index in [9.17, 15) is 0 Å². The lowest BCUT2D eigenvalue weighted by atomic mass is 9.97. The summed E-state index contributed by atoms with van der Waals surface area (Å²) in [6, 6.07) is 0.536. The Kier molecular flexibility index (Phi) is 9.42. The molecule has 1 aliphatic heterocycles. The molecule has 0 aromatic carbocycles. The lowest BCUT2D eigenvalue weighted by molar-refractivity contribution is 0.441. The van der Waals surface area contributed by atoms with Crippen molar-refractivity contribution in [2.45, 2.75) is 64.8 Å². The Labute approximate surface area is 89.6 Å². The van der Waals surface area contributed by atoms with Gasteiger partial charge in [-0.25, -0.2) is 0 Å². The highest BCUT2D eigenvalue weighted by molar-refractivity contribution is 4.66. The molecule has 0 amide bonds. The van der Waals surface area contributed by atoms with Crippen molar-refractivity contribution in [3.63, 3.8) is 0 Å². The predicted octanol–water partition coefficient (Wildman–Crippen LogP) is 2.67. The summed E-state index contributed by atoms with van der Waals surface area (Å²) in [5, 5.41) is 3.28. The summed E-state index contributed by atoms with van der Waals surface area (Å²) in [5.41, 5.74) is 5.63. The molecule has 1 saturated carbocycles. The third-order valence-corrected chi connectivity index (χ3v) is 2.86. The van der Waals surface area contributed by atoms with E-state index in [0.29, 0.717) is 6.04 Å². The van der Waals surface area contributed by atoms with Crippen molar-refractivity contribution in [3.8, 4) is 0 Å². The molecule has 0 bridgehead atoms. The largest absolute Gasteiger partial charge is 0.328 e. The van der Waals surface area contributed by atoms with E-state index in [1.54, 1.807) is 0 Å². The minimum absolute atomic E-state index is 0. The van der Waals surface area contributed by atoms with Crippen LogP contribution in [0.25, 0.3) is 0 Å². The van der Waals surface area contributed by atoms with Gasteiger partial charge in [-0.05, 0) is 38.8 Å². The van der Waals surface area contributed by atoms with Crippen LogP contribution in [0.1, 0.15) is 58.8 Å². The molecule has 1 heterocycles. The second kappa shape index (κ2) is 9.47. The van der Waals surface area contributed by atoms with Crippen LogP contribution in [0.4, 0.5) is 0 Å². The minimum Gasteiger partial charge on any atom is -0.328 e. The van der Waals surface area contributed by atoms with Gasteiger partial charge in [0, 0.05) is 6.04 Å². The van der Waals surface area contributed by atoms with Crippen LogP contribution in [0.5, 0.6) is 0 Å². The molecule has 1 saturated heterocycles. The maximum Gasteiger partial charge on any atom is 0.00388 e. The van der Waals surface area contributed by atoms with Crippen molar-refractivity contribution < 1.29 is 0 Å². The monoisotopic (exact) mass is 200 g/mol. The molecule has 0 aromatic heterocycles. The van der Waals surface area contributed by atoms with Gasteiger partial charge in [-0.15, -0.1) is 0 Å². The van der Waals surface area contributed by atoms with Crippen molar-refractivity contribution >= 4 is 0 Å². The van der Waals surface area contributed by atoms with E-state index in [1.807, 2.05) is 0 Å². The molecule has 2 heteroatoms. The number of rotatable bonds is 0. The van der Waals surface area contributed by atoms with Crippen LogP contribution < -0.4 is 11.1 Å². The first-order valence-electron chi connectivity index (χ1n) is 5.86. The standard InChI is InChI=1S/C6H13N.C5H11N.CH4/c7-6-4-2-1-3-5-6;1-2-4-6-5-3-1;/h6H,1-5,7H2;6H,1-5H2;1H4. The van der Waals surface area contributed by atoms with Crippen LogP contribution in [0.2, 0.25) is 0 Å². The smallest absolute Gasteiger partial charge is 0.00388 e. The van der Waals surface area contributed by atoms with Crippen molar-refractivity contribution in [2.24, 2.45) is 5.73 Å². The molecule has 0 radical (unpaired) electrons. The Morgan fingerprint density at radius 2 is 1.29 bits per heavy atom. The third-order valence-electron chi connectivity index (χ3n) is 2.86. The van der Waals surface area contributed by atoms with Crippen LogP contribution in [-0.2, 0) is 0 Å². The Hall–Kier alpha value is -0.0800. The second-order valence-electron chi connectivity index (χ2n) is 4.21. The molecule has 0 unspecified atom stereocenters. The third kappa shape index (κ3) is 7.34. The average Bonchev–Trinajstić information content (AvgIpc) is 2.22. The van der Waals surface area contributed by atoms with Crippen LogP contribution in [0.15, 0.2) is 0 Å². The van der Waals surface area contributed by atoms with E-state index >= 15 is 0 Å². The highest BCUT2D eigenvalue weighted by Gasteiger charge is 2.06. The zero-order valence-electron chi connectivity index (χ0n) is 8.73. The van der Waals surface area contributed by atoms with Crippen LogP contribution in [0.3, 0.4) is 0 Å². The summed E-state index contributed by atoms with van der Waals surface area (Å²) in [5.74, 6) is 0. The Morgan fingerprint density at radius 3 is 1.50 bits per heavy atom. The van der Waals surface area contributed by atoms with E-state index in [1.165, 1.54) is 64.5 Å². The van der Waals surface area contributed by atoms with Crippen LogP contribution >= 0.6 is 0 Å². The molecule has 2 rings (SSSR count). The molecule has 1 aliphatic carbocycles. The fourth-order valence-corrected chi connectivity index (χ4v) is 1.94. The maximum atomic E-state index is 5.63. The van der Waals surface area contributed by atoms with Gasteiger partial charge >= 0.3 is 0 Å². The van der Waals surface area contributed by atoms with Crippen LogP contribution in [-0.4, -0.2) is 19.1 Å². The lowest BCUT2D eigenvalue weighted by Crippen LogP contribution is -2.22. The molecular formula is C12H28N2. The first kappa shape index (κ1) is 13.9. The second-order valence-corrected chi connectivity index (χ2v) is 4.21. The van der Waals surface area contributed by atoms with E-state index < -0.39 is 0 Å². The SMILES string of the molecule is C.C1CCNCC1.NC1CCCCC1. The molecule has 14 heavy (non-hydrogen) atoms. The first-order valence-corrected chi connectivity index (χ1v) is 5.86. The van der Waals surface area contributed by atoms with Crippen molar-refractivity contribution in [1.29, 1.82) is 0 Å². The van der Waals surface area contributed by atoms with Gasteiger partial charge in [0.2, 0.25) is 0 Å². The number of hydrogen-bond acceptors (Lipinski definition) is 2. The van der Waals surface area contributed by atoms with Gasteiger partial charge in [-0.1, -0.05) is 33.1 Å². The molecular weight excluding hydrogens is 172 g/mol. The fourth-order valence-electron chi connectivity index (χ4n) is 1.94. The molecule has 2 nitrogen and oxygen atoms in total. The van der Waals surface area contributed by atoms with E-state index in [2.05, 4.69) is 5.32 Å². The molecule has 2 aliphatic rings. The highest BCUT2D eigenvalue weighted by atomic mass is 14.9. The predicted molar refractivity (Wildman–Crippen MR) is 64.5 cm³/mol. The average molecular weight is 200 g/mol. The summed E-state index contributed by atoms with van der Waals surface area (Å²) >= 11 is 0. The Bertz CT molecular complexity index is 93.4. The Morgan fingerprint density at radius 1 is 0.786 bits per heavy atom. The number of nitrogens with one attached hydrogen (secondary N) is 1. The van der Waals surface area contributed by atoms with Crippen molar-refractivity contribution in [1.82, 2.24) is 5.32 Å². The minimum atomic E-state index is 0. The quantitative estimate of drug-likeness (QED) is 0.631. The molecule has 3 N–H and O–H groups in total. The van der Waals surface area contributed by atoms with Gasteiger partial charge < -0.3 is 11.1 Å². The number of hydrogen-bond donors (Lipinski definition) is 2. The van der Waals surface area contributed by atoms with E-state index in [0.717, 1.165) is 0 Å². The van der Waals surface area contributed by atoms with Gasteiger partial charge in [-0.2, -0.15) is 0 Å². The number of piperidine rings is 1. The van der Waals surface area contributed by atoms with Gasteiger partial charge in [0.25, 0.3) is 0 Å². The maximum absolute atomic E-state index is 5.63. The summed E-state index contributed by atoms with van der Waals surface area (Å²) in [4.78, 5) is 0. The molecule has 86 valence electrons. The topological polar surface area (TPSA) is 38.0 Å². The fraction of sp³-hybridized carbons (Fsp3) is 1.00. The van der Waals surface area contributed by atoms with Gasteiger partial charge in [0.1, 0.15) is 0 Å². The van der Waals surface area contributed by atoms with Crippen molar-refractivity contribution in [2.75, 3.05) is 13.1 Å².